The summed E-state index contributed by atoms with van der Waals surface area (Å²) < 4.78 is 21.7. The summed E-state index contributed by atoms with van der Waals surface area (Å²) in [6.07, 6.45) is 2.26. The highest BCUT2D eigenvalue weighted by Gasteiger charge is 2.14. The summed E-state index contributed by atoms with van der Waals surface area (Å²) in [5, 5.41) is 0. The van der Waals surface area contributed by atoms with E-state index in [1.54, 1.807) is 12.3 Å². The van der Waals surface area contributed by atoms with Gasteiger partial charge in [0.05, 0.1) is 27.4 Å². The number of halogens is 3. The van der Waals surface area contributed by atoms with E-state index in [2.05, 4.69) is 4.98 Å². The molecule has 0 spiro atoms. The molecule has 0 bridgehead atoms. The Balaban J connectivity index is 2.15. The van der Waals surface area contributed by atoms with E-state index >= 15 is 0 Å². The molecular formula is C14H11ClFIN2O. The van der Waals surface area contributed by atoms with Crippen LogP contribution in [0.25, 0.3) is 11.0 Å². The quantitative estimate of drug-likeness (QED) is 0.482. The van der Waals surface area contributed by atoms with Gasteiger partial charge in [0.1, 0.15) is 17.4 Å². The molecule has 0 radical (unpaired) electrons. The van der Waals surface area contributed by atoms with Crippen LogP contribution in [0.4, 0.5) is 4.39 Å². The molecule has 6 heteroatoms. The Kier molecular flexibility index (Phi) is 3.98. The molecule has 0 fully saturated rings. The lowest BCUT2D eigenvalue weighted by Crippen LogP contribution is -2.05. The molecule has 3 aromatic rings. The minimum absolute atomic E-state index is 0.240. The Hall–Kier alpha value is -1.08. The molecule has 2 heterocycles. The van der Waals surface area contributed by atoms with Crippen molar-refractivity contribution in [1.29, 1.82) is 0 Å². The van der Waals surface area contributed by atoms with Crippen molar-refractivity contribution in [2.45, 2.75) is 13.0 Å². The van der Waals surface area contributed by atoms with Crippen molar-refractivity contribution in [3.8, 4) is 0 Å². The van der Waals surface area contributed by atoms with Gasteiger partial charge >= 0.3 is 0 Å². The molecule has 0 amide bonds. The van der Waals surface area contributed by atoms with Crippen molar-refractivity contribution in [1.82, 2.24) is 9.55 Å². The Morgan fingerprint density at radius 2 is 2.25 bits per heavy atom. The van der Waals surface area contributed by atoms with Crippen LogP contribution in [0.2, 0.25) is 0 Å². The topological polar surface area (TPSA) is 31.0 Å². The van der Waals surface area contributed by atoms with Gasteiger partial charge in [-0.1, -0.05) is 0 Å². The van der Waals surface area contributed by atoms with Crippen molar-refractivity contribution in [2.24, 2.45) is 0 Å². The maximum atomic E-state index is 13.8. The monoisotopic (exact) mass is 404 g/mol. The van der Waals surface area contributed by atoms with Gasteiger partial charge in [0.15, 0.2) is 0 Å². The van der Waals surface area contributed by atoms with E-state index in [9.17, 15) is 4.39 Å². The first-order valence-electron chi connectivity index (χ1n) is 6.11. The predicted octanol–water partition coefficient (Wildman–Crippen LogP) is 4.20. The molecule has 104 valence electrons. The molecule has 3 nitrogen and oxygen atoms in total. The number of furan rings is 1. The molecule has 0 aliphatic heterocycles. The van der Waals surface area contributed by atoms with Gasteiger partial charge < -0.3 is 8.98 Å². The van der Waals surface area contributed by atoms with Crippen LogP contribution in [-0.4, -0.2) is 15.4 Å². The molecule has 0 N–H and O–H groups in total. The summed E-state index contributed by atoms with van der Waals surface area (Å²) in [5.41, 5.74) is 1.54. The molecule has 0 saturated heterocycles. The number of hydrogen-bond acceptors (Lipinski definition) is 2. The van der Waals surface area contributed by atoms with Crippen molar-refractivity contribution in [3.05, 3.63) is 51.5 Å². The lowest BCUT2D eigenvalue weighted by atomic mass is 10.3. The van der Waals surface area contributed by atoms with Crippen LogP contribution < -0.4 is 0 Å². The van der Waals surface area contributed by atoms with E-state index in [1.165, 1.54) is 6.07 Å². The molecule has 0 atom stereocenters. The number of alkyl halides is 1. The third kappa shape index (κ3) is 2.56. The van der Waals surface area contributed by atoms with Crippen molar-refractivity contribution in [3.63, 3.8) is 0 Å². The van der Waals surface area contributed by atoms with Gasteiger partial charge in [-0.2, -0.15) is 0 Å². The molecule has 3 rings (SSSR count). The SMILES string of the molecule is Fc1cc2c(cc1I)nc(CCCl)n2Cc1ccco1. The molecule has 0 aliphatic carbocycles. The number of aryl methyl sites for hydroxylation is 1. The second-order valence-electron chi connectivity index (χ2n) is 4.39. The molecule has 0 unspecified atom stereocenters. The Labute approximate surface area is 133 Å². The number of benzene rings is 1. The molecule has 0 aliphatic rings. The van der Waals surface area contributed by atoms with Crippen molar-refractivity contribution in [2.75, 3.05) is 5.88 Å². The molecule has 20 heavy (non-hydrogen) atoms. The van der Waals surface area contributed by atoms with Gasteiger partial charge in [-0.15, -0.1) is 11.6 Å². The smallest absolute Gasteiger partial charge is 0.138 e. The first-order valence-corrected chi connectivity index (χ1v) is 7.73. The fourth-order valence-corrected chi connectivity index (χ4v) is 2.80. The van der Waals surface area contributed by atoms with Gasteiger partial charge in [0.2, 0.25) is 0 Å². The number of aromatic nitrogens is 2. The summed E-state index contributed by atoms with van der Waals surface area (Å²) in [4.78, 5) is 4.55. The normalized spacial score (nSPS) is 11.3. The van der Waals surface area contributed by atoms with E-state index in [0.717, 1.165) is 22.6 Å². The maximum absolute atomic E-state index is 13.8. The second kappa shape index (κ2) is 5.73. The molecular weight excluding hydrogens is 394 g/mol. The van der Waals surface area contributed by atoms with E-state index in [4.69, 9.17) is 16.0 Å². The molecule has 1 aromatic carbocycles. The summed E-state index contributed by atoms with van der Waals surface area (Å²) in [6, 6.07) is 6.99. The summed E-state index contributed by atoms with van der Waals surface area (Å²) in [6.45, 7) is 0.524. The van der Waals surface area contributed by atoms with Gasteiger partial charge in [0, 0.05) is 18.4 Å². The fourth-order valence-electron chi connectivity index (χ4n) is 2.18. The average molecular weight is 405 g/mol. The Bertz CT molecular complexity index is 739. The van der Waals surface area contributed by atoms with Gasteiger partial charge in [-0.05, 0) is 40.8 Å². The van der Waals surface area contributed by atoms with Crippen LogP contribution >= 0.6 is 34.2 Å². The highest BCUT2D eigenvalue weighted by molar-refractivity contribution is 14.1. The van der Waals surface area contributed by atoms with Crippen LogP contribution in [-0.2, 0) is 13.0 Å². The fraction of sp³-hybridized carbons (Fsp3) is 0.214. The number of nitrogens with zero attached hydrogens (tertiary/aromatic N) is 2. The van der Waals surface area contributed by atoms with Crippen LogP contribution in [0.5, 0.6) is 0 Å². The summed E-state index contributed by atoms with van der Waals surface area (Å²) >= 11 is 7.80. The predicted molar refractivity (Wildman–Crippen MR) is 84.6 cm³/mol. The molecule has 2 aromatic heterocycles. The Morgan fingerprint density at radius 1 is 1.40 bits per heavy atom. The maximum Gasteiger partial charge on any atom is 0.138 e. The number of fused-ring (bicyclic) bond motifs is 1. The van der Waals surface area contributed by atoms with Gasteiger partial charge in [-0.3, -0.25) is 0 Å². The second-order valence-corrected chi connectivity index (χ2v) is 5.93. The van der Waals surface area contributed by atoms with Crippen molar-refractivity contribution < 1.29 is 8.81 Å². The third-order valence-electron chi connectivity index (χ3n) is 3.08. The lowest BCUT2D eigenvalue weighted by Gasteiger charge is -2.06. The number of hydrogen-bond donors (Lipinski definition) is 0. The number of imidazole rings is 1. The third-order valence-corrected chi connectivity index (χ3v) is 4.10. The van der Waals surface area contributed by atoms with Crippen LogP contribution in [0.3, 0.4) is 0 Å². The summed E-state index contributed by atoms with van der Waals surface area (Å²) in [7, 11) is 0. The first-order chi connectivity index (χ1) is 9.69. The highest BCUT2D eigenvalue weighted by atomic mass is 127. The average Bonchev–Trinajstić information content (AvgIpc) is 3.02. The highest BCUT2D eigenvalue weighted by Crippen LogP contribution is 2.23. The van der Waals surface area contributed by atoms with Crippen molar-refractivity contribution >= 4 is 45.2 Å². The zero-order valence-electron chi connectivity index (χ0n) is 10.4. The van der Waals surface area contributed by atoms with E-state index in [1.807, 2.05) is 39.3 Å². The van der Waals surface area contributed by atoms with E-state index < -0.39 is 0 Å². The van der Waals surface area contributed by atoms with Gasteiger partial charge in [-0.25, -0.2) is 9.37 Å². The minimum atomic E-state index is -0.240. The zero-order valence-corrected chi connectivity index (χ0v) is 13.4. The largest absolute Gasteiger partial charge is 0.467 e. The first kappa shape index (κ1) is 13.9. The summed E-state index contributed by atoms with van der Waals surface area (Å²) in [5.74, 6) is 1.88. The van der Waals surface area contributed by atoms with Crippen LogP contribution in [0, 0.1) is 9.39 Å². The van der Waals surface area contributed by atoms with E-state index in [0.29, 0.717) is 22.4 Å². The van der Waals surface area contributed by atoms with Crippen LogP contribution in [0.15, 0.2) is 34.9 Å². The van der Waals surface area contributed by atoms with Gasteiger partial charge in [0.25, 0.3) is 0 Å². The lowest BCUT2D eigenvalue weighted by molar-refractivity contribution is 0.492. The minimum Gasteiger partial charge on any atom is -0.467 e. The van der Waals surface area contributed by atoms with E-state index in [-0.39, 0.29) is 5.82 Å². The standard InChI is InChI=1S/C14H11ClFIN2O/c15-4-3-14-18-12-7-11(17)10(16)6-13(12)19(14)8-9-2-1-5-20-9/h1-2,5-7H,3-4,8H2. The zero-order chi connectivity index (χ0) is 14.1. The molecule has 0 saturated carbocycles. The van der Waals surface area contributed by atoms with Crippen LogP contribution in [0.1, 0.15) is 11.6 Å². The Morgan fingerprint density at radius 3 is 2.95 bits per heavy atom. The number of rotatable bonds is 4.